The predicted molar refractivity (Wildman–Crippen MR) is 352 cm³/mol. The van der Waals surface area contributed by atoms with E-state index in [0.717, 1.165) is 33.4 Å². The first-order chi connectivity index (χ1) is 44.7. The molecule has 11 rings (SSSR count). The molecule has 0 bridgehead atoms. The van der Waals surface area contributed by atoms with E-state index in [1.165, 1.54) is 0 Å². The Balaban J connectivity index is 0.946. The van der Waals surface area contributed by atoms with Crippen molar-refractivity contribution in [3.63, 3.8) is 0 Å². The Morgan fingerprint density at radius 3 is 1.46 bits per heavy atom. The van der Waals surface area contributed by atoms with Gasteiger partial charge in [-0.2, -0.15) is 0 Å². The Morgan fingerprint density at radius 2 is 0.924 bits per heavy atom. The molecule has 0 aromatic heterocycles. The van der Waals surface area contributed by atoms with Crippen molar-refractivity contribution in [2.45, 2.75) is 204 Å². The zero-order chi connectivity index (χ0) is 64.2. The molecule has 496 valence electrons. The van der Waals surface area contributed by atoms with Crippen molar-refractivity contribution in [2.24, 2.45) is 17.8 Å². The molecule has 0 aliphatic carbocycles. The van der Waals surface area contributed by atoms with Crippen LogP contribution in [0.2, 0.25) is 16.6 Å². The minimum atomic E-state index is -2.57. The van der Waals surface area contributed by atoms with Crippen molar-refractivity contribution < 1.29 is 70.7 Å². The molecule has 5 fully saturated rings. The zero-order valence-electron chi connectivity index (χ0n) is 55.4. The third-order valence-corrected chi connectivity index (χ3v) is 25.4. The van der Waals surface area contributed by atoms with Crippen LogP contribution in [0.1, 0.15) is 109 Å². The van der Waals surface area contributed by atoms with Crippen LogP contribution >= 0.6 is 0 Å². The Labute approximate surface area is 546 Å². The third kappa shape index (κ3) is 15.7. The standard InChI is InChI=1S/C76H98O15Si/c1-51(2)92(52(3)4,53(5)6)91-72-56(9)67(86-71-55(8)66(80-44-60-33-21-13-22-34-60)69(81-45-61-35-23-14-24-36-61)64(85-71)47-77-42-58-29-17-11-18-30-58)68(57(10)84-72)87-74-70(82-46-62-37-25-15-26-38-62)65(54(7)41-83-74)88-76-50-79-49-75(76,48-78-43-59-31-19-12-20-32-59)89-73(90-76)63-39-27-16-28-40-63/h11-40,51-57,64-74H,41-50H2,1-10H3/t54-,55-,56+,57?,64?,65?,66?,67?,68+,69-,70-,71+,72+,73-,74+,75-,76?/m1/s1. The number of fused-ring (bicyclic) bond motifs is 1. The molecule has 5 heterocycles. The minimum absolute atomic E-state index is 0.0777. The van der Waals surface area contributed by atoms with Gasteiger partial charge in [0, 0.05) is 23.3 Å². The maximum Gasteiger partial charge on any atom is 0.229 e. The summed E-state index contributed by atoms with van der Waals surface area (Å²) in [4.78, 5) is 0. The van der Waals surface area contributed by atoms with Crippen LogP contribution in [-0.4, -0.2) is 120 Å². The number of hydrogen-bond donors (Lipinski definition) is 0. The highest BCUT2D eigenvalue weighted by Crippen LogP contribution is 2.53. The zero-order valence-corrected chi connectivity index (χ0v) is 56.4. The SMILES string of the molecule is CC1O[C@@H](O[Si](C(C)C)(C(C)C)C(C)C)[C@@H](C)C(O[C@@H]2OC(COCc3ccccc3)[C@@H](OCc3ccccc3)C(OCc3ccccc3)[C@H]2C)[C@H]1O[C@@H]1OC[C@@H](C)C(OC23COC[C@@]2(COCc2ccccc2)O[C@@H](c2ccccc2)O3)[C@H]1OCc1ccccc1. The summed E-state index contributed by atoms with van der Waals surface area (Å²) in [6.07, 6.45) is -8.61. The van der Waals surface area contributed by atoms with Crippen LogP contribution < -0.4 is 0 Å². The van der Waals surface area contributed by atoms with E-state index in [2.05, 4.69) is 98.7 Å². The number of ether oxygens (including phenoxy) is 14. The molecule has 16 heteroatoms. The maximum absolute atomic E-state index is 7.73. The smallest absolute Gasteiger partial charge is 0.229 e. The molecule has 17 atom stereocenters. The summed E-state index contributed by atoms with van der Waals surface area (Å²) < 4.78 is 107. The van der Waals surface area contributed by atoms with E-state index in [1.54, 1.807) is 0 Å². The molecular weight excluding hydrogens is 1180 g/mol. The van der Waals surface area contributed by atoms with Gasteiger partial charge in [0.15, 0.2) is 30.8 Å². The molecule has 0 radical (unpaired) electrons. The highest BCUT2D eigenvalue weighted by molar-refractivity contribution is 6.77. The topological polar surface area (TPSA) is 138 Å². The molecule has 0 amide bonds. The Hall–Kier alpha value is -5.06. The lowest BCUT2D eigenvalue weighted by Crippen LogP contribution is -2.65. The second kappa shape index (κ2) is 31.7. The lowest BCUT2D eigenvalue weighted by Gasteiger charge is -2.53. The van der Waals surface area contributed by atoms with E-state index in [4.69, 9.17) is 70.7 Å². The highest BCUT2D eigenvalue weighted by Gasteiger charge is 2.69. The van der Waals surface area contributed by atoms with Crippen LogP contribution in [0.15, 0.2) is 182 Å². The molecule has 92 heavy (non-hydrogen) atoms. The van der Waals surface area contributed by atoms with Crippen LogP contribution in [0.3, 0.4) is 0 Å². The van der Waals surface area contributed by atoms with Gasteiger partial charge in [-0.15, -0.1) is 0 Å². The summed E-state index contributed by atoms with van der Waals surface area (Å²) >= 11 is 0. The molecule has 6 aromatic rings. The van der Waals surface area contributed by atoms with Gasteiger partial charge in [-0.3, -0.25) is 0 Å². The van der Waals surface area contributed by atoms with Crippen molar-refractivity contribution >= 4 is 8.32 Å². The molecular formula is C76H98O15Si. The van der Waals surface area contributed by atoms with Crippen LogP contribution in [-0.2, 0) is 104 Å². The second-order valence-electron chi connectivity index (χ2n) is 26.9. The van der Waals surface area contributed by atoms with Gasteiger partial charge >= 0.3 is 0 Å². The van der Waals surface area contributed by atoms with Crippen molar-refractivity contribution in [1.82, 2.24) is 0 Å². The second-order valence-corrected chi connectivity index (χ2v) is 32.3. The minimum Gasteiger partial charge on any atom is -0.391 e. The number of benzene rings is 6. The third-order valence-electron chi connectivity index (χ3n) is 19.4. The summed E-state index contributed by atoms with van der Waals surface area (Å²) in [6.45, 7) is 24.7. The fourth-order valence-corrected chi connectivity index (χ4v) is 19.9. The van der Waals surface area contributed by atoms with Gasteiger partial charge in [-0.1, -0.05) is 244 Å². The lowest BCUT2D eigenvalue weighted by molar-refractivity contribution is -0.376. The van der Waals surface area contributed by atoms with Gasteiger partial charge in [0.2, 0.25) is 14.1 Å². The molecule has 6 unspecified atom stereocenters. The van der Waals surface area contributed by atoms with E-state index in [9.17, 15) is 0 Å². The van der Waals surface area contributed by atoms with Crippen molar-refractivity contribution in [2.75, 3.05) is 33.0 Å². The first kappa shape index (κ1) is 68.3. The number of rotatable bonds is 29. The Morgan fingerprint density at radius 1 is 0.457 bits per heavy atom. The van der Waals surface area contributed by atoms with Gasteiger partial charge in [-0.25, -0.2) is 0 Å². The molecule has 5 aliphatic rings. The molecule has 5 aliphatic heterocycles. The summed E-state index contributed by atoms with van der Waals surface area (Å²) in [5.74, 6) is -2.46. The van der Waals surface area contributed by atoms with Gasteiger partial charge < -0.3 is 70.7 Å². The summed E-state index contributed by atoms with van der Waals surface area (Å²) in [7, 11) is -2.57. The Kier molecular flexibility index (Phi) is 23.5. The average Bonchev–Trinajstić information content (AvgIpc) is 1.55. The largest absolute Gasteiger partial charge is 0.391 e. The maximum atomic E-state index is 7.73. The Bertz CT molecular complexity index is 3100. The summed E-state index contributed by atoms with van der Waals surface area (Å²) in [5, 5.41) is 0. The van der Waals surface area contributed by atoms with Crippen molar-refractivity contribution in [3.05, 3.63) is 215 Å². The van der Waals surface area contributed by atoms with Crippen LogP contribution in [0.25, 0.3) is 0 Å². The molecule has 0 N–H and O–H groups in total. The fourth-order valence-electron chi connectivity index (χ4n) is 14.4. The monoisotopic (exact) mass is 1280 g/mol. The van der Waals surface area contributed by atoms with Crippen molar-refractivity contribution in [1.29, 1.82) is 0 Å². The van der Waals surface area contributed by atoms with Crippen LogP contribution in [0, 0.1) is 17.8 Å². The van der Waals surface area contributed by atoms with E-state index >= 15 is 0 Å². The molecule has 6 aromatic carbocycles. The first-order valence-corrected chi connectivity index (χ1v) is 35.6. The number of hydrogen-bond acceptors (Lipinski definition) is 15. The predicted octanol–water partition coefficient (Wildman–Crippen LogP) is 14.5. The molecule has 5 saturated heterocycles. The van der Waals surface area contributed by atoms with E-state index in [0.29, 0.717) is 26.4 Å². The van der Waals surface area contributed by atoms with Gasteiger partial charge in [0.25, 0.3) is 0 Å². The van der Waals surface area contributed by atoms with Crippen molar-refractivity contribution in [3.8, 4) is 0 Å². The van der Waals surface area contributed by atoms with E-state index in [1.807, 2.05) is 153 Å². The molecule has 15 nitrogen and oxygen atoms in total. The van der Waals surface area contributed by atoms with E-state index < -0.39 is 99.6 Å². The summed E-state index contributed by atoms with van der Waals surface area (Å²) in [5.41, 5.74) is 5.63. The average molecular weight is 1280 g/mol. The van der Waals surface area contributed by atoms with Gasteiger partial charge in [0.05, 0.1) is 83.9 Å². The fraction of sp³-hybridized carbons (Fsp3) is 0.526. The first-order valence-electron chi connectivity index (χ1n) is 33.4. The van der Waals surface area contributed by atoms with Gasteiger partial charge in [-0.05, 0) is 51.4 Å². The van der Waals surface area contributed by atoms with Gasteiger partial charge in [0.1, 0.15) is 31.0 Å². The summed E-state index contributed by atoms with van der Waals surface area (Å²) in [6, 6.07) is 60.7. The van der Waals surface area contributed by atoms with E-state index in [-0.39, 0.29) is 68.1 Å². The van der Waals surface area contributed by atoms with Crippen LogP contribution in [0.5, 0.6) is 0 Å². The normalized spacial score (nSPS) is 31.7. The van der Waals surface area contributed by atoms with Crippen LogP contribution in [0.4, 0.5) is 0 Å². The molecule has 0 saturated carbocycles. The molecule has 0 spiro atoms. The lowest BCUT2D eigenvalue weighted by atomic mass is 9.89. The quantitative estimate of drug-likeness (QED) is 0.0411. The highest BCUT2D eigenvalue weighted by atomic mass is 28.4.